The molecule has 0 amide bonds. The molecule has 0 aromatic heterocycles. The van der Waals surface area contributed by atoms with E-state index < -0.39 is 0 Å². The van der Waals surface area contributed by atoms with E-state index in [4.69, 9.17) is 0 Å². The molecule has 0 aromatic carbocycles. The molecule has 1 aliphatic heterocycles. The van der Waals surface area contributed by atoms with Gasteiger partial charge in [-0.2, -0.15) is 0 Å². The Labute approximate surface area is 46.0 Å². The largest absolute Gasteiger partial charge is 0.134 e. The standard InChI is InChI=1S/C4H6S.P/c1-2-4-5-3-1;/h1,3H,2,4H2;. The highest BCUT2D eigenvalue weighted by Gasteiger charge is 1.85. The summed E-state index contributed by atoms with van der Waals surface area (Å²) in [6.45, 7) is 0. The second-order valence-corrected chi connectivity index (χ2v) is 2.04. The highest BCUT2D eigenvalue weighted by atomic mass is 32.2. The second kappa shape index (κ2) is 3.70. The van der Waals surface area contributed by atoms with Crippen LogP contribution in [0.25, 0.3) is 0 Å². The smallest absolute Gasteiger partial charge is 0.000884 e. The maximum absolute atomic E-state index is 2.20. The third kappa shape index (κ3) is 1.84. The number of hydrogen-bond acceptors (Lipinski definition) is 1. The van der Waals surface area contributed by atoms with Gasteiger partial charge in [0.15, 0.2) is 0 Å². The average molecular weight is 117 g/mol. The first-order valence-electron chi connectivity index (χ1n) is 1.77. The van der Waals surface area contributed by atoms with E-state index in [0.29, 0.717) is 0 Å². The molecule has 33 valence electrons. The normalized spacial score (nSPS) is 17.3. The Kier molecular flexibility index (Phi) is 4.02. The monoisotopic (exact) mass is 117 g/mol. The summed E-state index contributed by atoms with van der Waals surface area (Å²) in [6.07, 6.45) is 3.48. The first-order valence-corrected chi connectivity index (χ1v) is 2.81. The molecule has 6 heavy (non-hydrogen) atoms. The highest BCUT2D eigenvalue weighted by Crippen LogP contribution is 2.11. The van der Waals surface area contributed by atoms with Crippen LogP contribution in [0.5, 0.6) is 0 Å². The van der Waals surface area contributed by atoms with Crippen molar-refractivity contribution in [2.45, 2.75) is 6.42 Å². The van der Waals surface area contributed by atoms with E-state index in [-0.39, 0.29) is 9.90 Å². The van der Waals surface area contributed by atoms with Crippen molar-refractivity contribution in [1.29, 1.82) is 0 Å². The van der Waals surface area contributed by atoms with Crippen molar-refractivity contribution in [1.82, 2.24) is 0 Å². The zero-order valence-electron chi connectivity index (χ0n) is 3.42. The van der Waals surface area contributed by atoms with Gasteiger partial charge in [-0.1, -0.05) is 6.08 Å². The summed E-state index contributed by atoms with van der Waals surface area (Å²) in [6, 6.07) is 0. The Balaban J connectivity index is 0.000000250. The fraction of sp³-hybridized carbons (Fsp3) is 0.500. The van der Waals surface area contributed by atoms with Gasteiger partial charge in [-0.15, -0.1) is 11.8 Å². The van der Waals surface area contributed by atoms with Crippen molar-refractivity contribution in [2.24, 2.45) is 0 Å². The van der Waals surface area contributed by atoms with E-state index in [1.54, 1.807) is 0 Å². The zero-order valence-corrected chi connectivity index (χ0v) is 5.14. The van der Waals surface area contributed by atoms with Gasteiger partial charge >= 0.3 is 0 Å². The lowest BCUT2D eigenvalue weighted by Gasteiger charge is -1.69. The molecule has 0 atom stereocenters. The van der Waals surface area contributed by atoms with E-state index in [1.165, 1.54) is 12.2 Å². The van der Waals surface area contributed by atoms with Crippen molar-refractivity contribution in [2.75, 3.05) is 5.75 Å². The number of allylic oxidation sites excluding steroid dienone is 1. The fourth-order valence-electron chi connectivity index (χ4n) is 0.340. The lowest BCUT2D eigenvalue weighted by Crippen LogP contribution is -1.56. The molecule has 0 N–H and O–H groups in total. The molecule has 0 saturated heterocycles. The Hall–Kier alpha value is 0.520. The van der Waals surface area contributed by atoms with E-state index in [2.05, 4.69) is 11.5 Å². The quantitative estimate of drug-likeness (QED) is 0.439. The summed E-state index contributed by atoms with van der Waals surface area (Å²) in [4.78, 5) is 0. The van der Waals surface area contributed by atoms with Crippen molar-refractivity contribution in [3.63, 3.8) is 0 Å². The topological polar surface area (TPSA) is 0 Å². The van der Waals surface area contributed by atoms with Gasteiger partial charge in [0.2, 0.25) is 0 Å². The van der Waals surface area contributed by atoms with Crippen LogP contribution in [0.1, 0.15) is 6.42 Å². The summed E-state index contributed by atoms with van der Waals surface area (Å²) in [7, 11) is 0. The molecule has 0 aromatic rings. The average Bonchev–Trinajstić information content (AvgIpc) is 1.76. The van der Waals surface area contributed by atoms with Crippen LogP contribution in [-0.4, -0.2) is 5.75 Å². The Morgan fingerprint density at radius 2 is 2.33 bits per heavy atom. The first kappa shape index (κ1) is 6.52. The summed E-state index contributed by atoms with van der Waals surface area (Å²) in [5.41, 5.74) is 0. The van der Waals surface area contributed by atoms with E-state index >= 15 is 0 Å². The van der Waals surface area contributed by atoms with Gasteiger partial charge in [0.25, 0.3) is 0 Å². The summed E-state index contributed by atoms with van der Waals surface area (Å²) < 4.78 is 0. The summed E-state index contributed by atoms with van der Waals surface area (Å²) in [5.74, 6) is 1.31. The number of rotatable bonds is 0. The molecule has 0 fully saturated rings. The lowest BCUT2D eigenvalue weighted by molar-refractivity contribution is 1.28. The summed E-state index contributed by atoms with van der Waals surface area (Å²) in [5, 5.41) is 2.15. The lowest BCUT2D eigenvalue weighted by atomic mass is 10.5. The molecule has 2 heteroatoms. The molecule has 0 bridgehead atoms. The predicted molar refractivity (Wildman–Crippen MR) is 33.1 cm³/mol. The minimum absolute atomic E-state index is 0. The van der Waals surface area contributed by atoms with Crippen LogP contribution < -0.4 is 0 Å². The third-order valence-corrected chi connectivity index (χ3v) is 1.45. The maximum Gasteiger partial charge on any atom is 0.000884 e. The number of thioether (sulfide) groups is 1. The first-order chi connectivity index (χ1) is 2.50. The Morgan fingerprint density at radius 1 is 1.50 bits per heavy atom. The predicted octanol–water partition coefficient (Wildman–Crippen LogP) is 2.50. The van der Waals surface area contributed by atoms with E-state index in [0.717, 1.165) is 0 Å². The van der Waals surface area contributed by atoms with Crippen LogP contribution in [0.3, 0.4) is 0 Å². The fourth-order valence-corrected chi connectivity index (χ4v) is 1.02. The molecular weight excluding hydrogens is 111 g/mol. The molecule has 0 saturated carbocycles. The van der Waals surface area contributed by atoms with Gasteiger partial charge in [0.05, 0.1) is 0 Å². The Bertz CT molecular complexity index is 45.5. The van der Waals surface area contributed by atoms with Crippen LogP contribution in [0, 0.1) is 0 Å². The number of hydrogen-bond donors (Lipinski definition) is 0. The van der Waals surface area contributed by atoms with Crippen LogP contribution in [0.15, 0.2) is 11.5 Å². The molecule has 0 nitrogen and oxygen atoms in total. The van der Waals surface area contributed by atoms with Crippen LogP contribution in [0.2, 0.25) is 0 Å². The maximum atomic E-state index is 2.20. The SMILES string of the molecule is C1=CSCC1.[P]. The van der Waals surface area contributed by atoms with Gasteiger partial charge in [-0.05, 0) is 11.8 Å². The van der Waals surface area contributed by atoms with Gasteiger partial charge in [-0.3, -0.25) is 0 Å². The van der Waals surface area contributed by atoms with Crippen molar-refractivity contribution in [3.05, 3.63) is 11.5 Å². The molecule has 1 rings (SSSR count). The minimum atomic E-state index is 0. The third-order valence-electron chi connectivity index (χ3n) is 0.595. The van der Waals surface area contributed by atoms with Crippen LogP contribution in [0.4, 0.5) is 0 Å². The molecule has 3 radical (unpaired) electrons. The van der Waals surface area contributed by atoms with Gasteiger partial charge in [-0.25, -0.2) is 0 Å². The van der Waals surface area contributed by atoms with Crippen LogP contribution >= 0.6 is 21.7 Å². The highest BCUT2D eigenvalue weighted by molar-refractivity contribution is 8.02. The van der Waals surface area contributed by atoms with Gasteiger partial charge in [0, 0.05) is 15.7 Å². The van der Waals surface area contributed by atoms with Crippen molar-refractivity contribution >= 4 is 21.7 Å². The molecule has 1 aliphatic rings. The summed E-state index contributed by atoms with van der Waals surface area (Å²) >= 11 is 1.89. The molecule has 0 unspecified atom stereocenters. The van der Waals surface area contributed by atoms with Crippen molar-refractivity contribution in [3.8, 4) is 0 Å². The van der Waals surface area contributed by atoms with Crippen molar-refractivity contribution < 1.29 is 0 Å². The molecule has 0 aliphatic carbocycles. The van der Waals surface area contributed by atoms with E-state index in [1.807, 2.05) is 11.8 Å². The zero-order chi connectivity index (χ0) is 3.54. The van der Waals surface area contributed by atoms with Gasteiger partial charge in [0.1, 0.15) is 0 Å². The molecule has 0 spiro atoms. The van der Waals surface area contributed by atoms with Gasteiger partial charge < -0.3 is 0 Å². The minimum Gasteiger partial charge on any atom is -0.134 e. The molecule has 1 heterocycles. The van der Waals surface area contributed by atoms with E-state index in [9.17, 15) is 0 Å². The Morgan fingerprint density at radius 3 is 2.50 bits per heavy atom. The second-order valence-electron chi connectivity index (χ2n) is 1.03. The van der Waals surface area contributed by atoms with Crippen LogP contribution in [-0.2, 0) is 0 Å². The molecular formula is C4H6PS.